The molecule has 1 fully saturated rings. The molecule has 1 aliphatic rings. The summed E-state index contributed by atoms with van der Waals surface area (Å²) in [6.45, 7) is 3.25. The van der Waals surface area contributed by atoms with Crippen LogP contribution in [0.15, 0.2) is 48.5 Å². The van der Waals surface area contributed by atoms with Gasteiger partial charge in [-0.05, 0) is 66.7 Å². The van der Waals surface area contributed by atoms with Crippen LogP contribution in [0.2, 0.25) is 0 Å². The van der Waals surface area contributed by atoms with Gasteiger partial charge in [0.25, 0.3) is 0 Å². The van der Waals surface area contributed by atoms with Crippen LogP contribution in [0.1, 0.15) is 95.1 Å². The molecule has 2 aromatic carbocycles. The van der Waals surface area contributed by atoms with Crippen molar-refractivity contribution in [1.82, 2.24) is 0 Å². The van der Waals surface area contributed by atoms with Crippen LogP contribution in [-0.2, 0) is 6.42 Å². The van der Waals surface area contributed by atoms with E-state index in [0.717, 1.165) is 24.0 Å². The Labute approximate surface area is 182 Å². The molecule has 0 bridgehead atoms. The SMILES string of the molecule is CCCCCCC[C@H]1CC[C@H](c2ccc(-c3ccc(CC(C)(F)F)cc3)cc2)CC1. The molecule has 1 saturated carbocycles. The number of benzene rings is 2. The lowest BCUT2D eigenvalue weighted by atomic mass is 9.77. The van der Waals surface area contributed by atoms with E-state index in [1.165, 1.54) is 69.8 Å². The van der Waals surface area contributed by atoms with Gasteiger partial charge in [-0.1, -0.05) is 94.0 Å². The summed E-state index contributed by atoms with van der Waals surface area (Å²) in [4.78, 5) is 0. The van der Waals surface area contributed by atoms with E-state index in [-0.39, 0.29) is 6.42 Å². The molecular weight excluding hydrogens is 374 g/mol. The van der Waals surface area contributed by atoms with E-state index in [2.05, 4.69) is 31.2 Å². The molecule has 3 rings (SSSR count). The Morgan fingerprint density at radius 3 is 1.90 bits per heavy atom. The van der Waals surface area contributed by atoms with Gasteiger partial charge in [-0.3, -0.25) is 0 Å². The minimum Gasteiger partial charge on any atom is -0.207 e. The molecule has 0 heterocycles. The van der Waals surface area contributed by atoms with E-state index in [1.54, 1.807) is 0 Å². The predicted octanol–water partition coefficient (Wildman–Crippen LogP) is 9.19. The fourth-order valence-electron chi connectivity index (χ4n) is 4.94. The molecule has 0 aliphatic heterocycles. The normalized spacial score (nSPS) is 19.7. The third-order valence-electron chi connectivity index (χ3n) is 6.75. The van der Waals surface area contributed by atoms with Gasteiger partial charge >= 0.3 is 0 Å². The van der Waals surface area contributed by atoms with Gasteiger partial charge in [0.15, 0.2) is 0 Å². The Morgan fingerprint density at radius 2 is 1.33 bits per heavy atom. The molecule has 0 saturated heterocycles. The highest BCUT2D eigenvalue weighted by Gasteiger charge is 2.22. The molecule has 0 nitrogen and oxygen atoms in total. The van der Waals surface area contributed by atoms with Gasteiger partial charge < -0.3 is 0 Å². The summed E-state index contributed by atoms with van der Waals surface area (Å²) in [5.41, 5.74) is 4.40. The molecule has 0 atom stereocenters. The molecule has 0 radical (unpaired) electrons. The van der Waals surface area contributed by atoms with Crippen LogP contribution in [0.3, 0.4) is 0 Å². The van der Waals surface area contributed by atoms with Crippen molar-refractivity contribution in [1.29, 1.82) is 0 Å². The number of rotatable bonds is 10. The summed E-state index contributed by atoms with van der Waals surface area (Å²) in [6, 6.07) is 16.5. The van der Waals surface area contributed by atoms with Crippen molar-refractivity contribution in [2.45, 2.75) is 96.3 Å². The lowest BCUT2D eigenvalue weighted by Crippen LogP contribution is -2.13. The van der Waals surface area contributed by atoms with E-state index in [4.69, 9.17) is 0 Å². The molecule has 30 heavy (non-hydrogen) atoms. The zero-order chi connectivity index (χ0) is 21.4. The largest absolute Gasteiger partial charge is 0.249 e. The highest BCUT2D eigenvalue weighted by atomic mass is 19.3. The Morgan fingerprint density at radius 1 is 0.767 bits per heavy atom. The second kappa shape index (κ2) is 11.1. The van der Waals surface area contributed by atoms with Crippen LogP contribution >= 0.6 is 0 Å². The quantitative estimate of drug-likeness (QED) is 0.341. The molecule has 164 valence electrons. The highest BCUT2D eigenvalue weighted by molar-refractivity contribution is 5.64. The van der Waals surface area contributed by atoms with Gasteiger partial charge in [-0.2, -0.15) is 0 Å². The van der Waals surface area contributed by atoms with Gasteiger partial charge in [0, 0.05) is 6.42 Å². The molecular formula is C28H38F2. The first-order chi connectivity index (χ1) is 14.4. The molecule has 0 spiro atoms. The fraction of sp³-hybridized carbons (Fsp3) is 0.571. The van der Waals surface area contributed by atoms with Crippen LogP contribution in [0.4, 0.5) is 8.78 Å². The minimum absolute atomic E-state index is 0.201. The van der Waals surface area contributed by atoms with Crippen LogP contribution in [0.5, 0.6) is 0 Å². The molecule has 2 heteroatoms. The molecule has 0 amide bonds. The average Bonchev–Trinajstić information content (AvgIpc) is 2.74. The topological polar surface area (TPSA) is 0 Å². The van der Waals surface area contributed by atoms with Gasteiger partial charge in [-0.15, -0.1) is 0 Å². The first-order valence-electron chi connectivity index (χ1n) is 12.0. The van der Waals surface area contributed by atoms with Crippen LogP contribution in [-0.4, -0.2) is 5.92 Å². The summed E-state index contributed by atoms with van der Waals surface area (Å²) in [6.07, 6.45) is 13.6. The van der Waals surface area contributed by atoms with Crippen molar-refractivity contribution >= 4 is 0 Å². The summed E-state index contributed by atoms with van der Waals surface area (Å²) < 4.78 is 26.4. The number of unbranched alkanes of at least 4 members (excludes halogenated alkanes) is 4. The average molecular weight is 413 g/mol. The zero-order valence-corrected chi connectivity index (χ0v) is 18.8. The monoisotopic (exact) mass is 412 g/mol. The number of hydrogen-bond donors (Lipinski definition) is 0. The van der Waals surface area contributed by atoms with Gasteiger partial charge in [0.05, 0.1) is 0 Å². The molecule has 0 unspecified atom stereocenters. The lowest BCUT2D eigenvalue weighted by Gasteiger charge is -2.29. The van der Waals surface area contributed by atoms with Crippen molar-refractivity contribution < 1.29 is 8.78 Å². The summed E-state index contributed by atoms with van der Waals surface area (Å²) in [5, 5.41) is 0. The maximum absolute atomic E-state index is 13.2. The van der Waals surface area contributed by atoms with Crippen LogP contribution in [0.25, 0.3) is 11.1 Å². The maximum atomic E-state index is 13.2. The third kappa shape index (κ3) is 7.22. The van der Waals surface area contributed by atoms with Crippen LogP contribution < -0.4 is 0 Å². The highest BCUT2D eigenvalue weighted by Crippen LogP contribution is 2.38. The number of hydrogen-bond acceptors (Lipinski definition) is 0. The summed E-state index contributed by atoms with van der Waals surface area (Å²) in [7, 11) is 0. The van der Waals surface area contributed by atoms with Crippen molar-refractivity contribution in [3.63, 3.8) is 0 Å². The van der Waals surface area contributed by atoms with E-state index >= 15 is 0 Å². The number of alkyl halides is 2. The first-order valence-corrected chi connectivity index (χ1v) is 12.0. The molecule has 0 N–H and O–H groups in total. The van der Waals surface area contributed by atoms with Gasteiger partial charge in [0.2, 0.25) is 5.92 Å². The second-order valence-corrected chi connectivity index (χ2v) is 9.49. The molecule has 2 aromatic rings. The van der Waals surface area contributed by atoms with E-state index < -0.39 is 5.92 Å². The van der Waals surface area contributed by atoms with E-state index in [9.17, 15) is 8.78 Å². The molecule has 0 aromatic heterocycles. The fourth-order valence-corrected chi connectivity index (χ4v) is 4.94. The summed E-state index contributed by atoms with van der Waals surface area (Å²) in [5.74, 6) is -1.02. The number of halogens is 2. The Hall–Kier alpha value is -1.70. The van der Waals surface area contributed by atoms with Crippen LogP contribution in [0, 0.1) is 5.92 Å². The van der Waals surface area contributed by atoms with Crippen molar-refractivity contribution in [2.75, 3.05) is 0 Å². The minimum atomic E-state index is -2.66. The van der Waals surface area contributed by atoms with Crippen molar-refractivity contribution in [3.05, 3.63) is 59.7 Å². The lowest BCUT2D eigenvalue weighted by molar-refractivity contribution is 0.0226. The summed E-state index contributed by atoms with van der Waals surface area (Å²) >= 11 is 0. The third-order valence-corrected chi connectivity index (χ3v) is 6.75. The molecule has 1 aliphatic carbocycles. The predicted molar refractivity (Wildman–Crippen MR) is 124 cm³/mol. The standard InChI is InChI=1S/C28H38F2/c1-3-4-5-6-7-8-22-9-13-24(14-10-22)26-17-19-27(20-18-26)25-15-11-23(12-16-25)21-28(2,29)30/h11-12,15-20,22,24H,3-10,13-14,21H2,1-2H3/t22-,24-. The van der Waals surface area contributed by atoms with E-state index in [0.29, 0.717) is 11.5 Å². The van der Waals surface area contributed by atoms with Crippen molar-refractivity contribution in [2.24, 2.45) is 5.92 Å². The second-order valence-electron chi connectivity index (χ2n) is 9.49. The van der Waals surface area contributed by atoms with Gasteiger partial charge in [-0.25, -0.2) is 8.78 Å². The Kier molecular flexibility index (Phi) is 8.48. The van der Waals surface area contributed by atoms with E-state index in [1.807, 2.05) is 24.3 Å². The first kappa shape index (κ1) is 23.0. The zero-order valence-electron chi connectivity index (χ0n) is 18.8. The maximum Gasteiger partial charge on any atom is 0.249 e. The smallest absolute Gasteiger partial charge is 0.207 e. The van der Waals surface area contributed by atoms with Crippen molar-refractivity contribution in [3.8, 4) is 11.1 Å². The van der Waals surface area contributed by atoms with Gasteiger partial charge in [0.1, 0.15) is 0 Å². The Bertz CT molecular complexity index is 732. The Balaban J connectivity index is 1.48.